The van der Waals surface area contributed by atoms with Crippen LogP contribution in [0.15, 0.2) is 59.1 Å². The van der Waals surface area contributed by atoms with E-state index in [1.54, 1.807) is 7.11 Å². The third-order valence-corrected chi connectivity index (χ3v) is 4.36. The van der Waals surface area contributed by atoms with E-state index in [1.807, 2.05) is 54.6 Å². The number of benzene rings is 2. The lowest BCUT2D eigenvalue weighted by Crippen LogP contribution is -2.23. The lowest BCUT2D eigenvalue weighted by atomic mass is 9.87. The van der Waals surface area contributed by atoms with Gasteiger partial charge in [0.2, 0.25) is 0 Å². The van der Waals surface area contributed by atoms with Crippen LogP contribution in [0.3, 0.4) is 0 Å². The van der Waals surface area contributed by atoms with Crippen molar-refractivity contribution in [1.29, 1.82) is 0 Å². The summed E-state index contributed by atoms with van der Waals surface area (Å²) in [6.07, 6.45) is 0. The van der Waals surface area contributed by atoms with Gasteiger partial charge in [-0.2, -0.15) is 0 Å². The van der Waals surface area contributed by atoms with Crippen molar-refractivity contribution in [3.63, 3.8) is 0 Å². The summed E-state index contributed by atoms with van der Waals surface area (Å²) < 4.78 is 10.6. The summed E-state index contributed by atoms with van der Waals surface area (Å²) in [5.74, 6) is 1.24. The number of nitrogens with zero attached hydrogens (tertiary/aromatic N) is 1. The van der Waals surface area contributed by atoms with Crippen molar-refractivity contribution >= 4 is 5.91 Å². The minimum atomic E-state index is -0.138. The van der Waals surface area contributed by atoms with Gasteiger partial charge in [0.15, 0.2) is 5.76 Å². The summed E-state index contributed by atoms with van der Waals surface area (Å²) in [4.78, 5) is 12.4. The van der Waals surface area contributed by atoms with Crippen LogP contribution in [0.5, 0.6) is 5.75 Å². The van der Waals surface area contributed by atoms with Crippen molar-refractivity contribution < 1.29 is 14.1 Å². The number of carbonyl (C=O) groups is 1. The van der Waals surface area contributed by atoms with E-state index in [2.05, 4.69) is 31.2 Å². The fourth-order valence-corrected chi connectivity index (χ4v) is 2.70. The second kappa shape index (κ2) is 7.66. The van der Waals surface area contributed by atoms with Crippen LogP contribution in [-0.2, 0) is 12.0 Å². The van der Waals surface area contributed by atoms with E-state index in [1.165, 1.54) is 5.56 Å². The van der Waals surface area contributed by atoms with E-state index in [-0.39, 0.29) is 11.3 Å². The summed E-state index contributed by atoms with van der Waals surface area (Å²) in [7, 11) is 1.62. The molecule has 3 aromatic rings. The first-order valence-corrected chi connectivity index (χ1v) is 8.85. The van der Waals surface area contributed by atoms with Crippen molar-refractivity contribution in [3.05, 3.63) is 71.4 Å². The highest BCUT2D eigenvalue weighted by atomic mass is 16.5. The summed E-state index contributed by atoms with van der Waals surface area (Å²) in [5.41, 5.74) is 3.41. The Balaban J connectivity index is 1.63. The molecule has 0 unspecified atom stereocenters. The topological polar surface area (TPSA) is 64.4 Å². The van der Waals surface area contributed by atoms with Crippen LogP contribution < -0.4 is 10.1 Å². The lowest BCUT2D eigenvalue weighted by molar-refractivity contribution is 0.0950. The number of amides is 1. The van der Waals surface area contributed by atoms with E-state index in [9.17, 15) is 4.79 Å². The van der Waals surface area contributed by atoms with Crippen LogP contribution in [0.4, 0.5) is 0 Å². The van der Waals surface area contributed by atoms with E-state index in [4.69, 9.17) is 9.26 Å². The Morgan fingerprint density at radius 2 is 1.85 bits per heavy atom. The second-order valence-corrected chi connectivity index (χ2v) is 7.42. The molecule has 5 heteroatoms. The van der Waals surface area contributed by atoms with Gasteiger partial charge in [0.05, 0.1) is 13.7 Å². The molecule has 0 aliphatic carbocycles. The molecule has 0 fully saturated rings. The van der Waals surface area contributed by atoms with Crippen LogP contribution in [0.1, 0.15) is 42.4 Å². The van der Waals surface area contributed by atoms with Gasteiger partial charge in [-0.25, -0.2) is 0 Å². The molecule has 27 heavy (non-hydrogen) atoms. The average molecular weight is 364 g/mol. The van der Waals surface area contributed by atoms with Crippen LogP contribution in [-0.4, -0.2) is 18.2 Å². The fourth-order valence-electron chi connectivity index (χ4n) is 2.70. The number of hydrogen-bond acceptors (Lipinski definition) is 4. The number of carbonyl (C=O) groups excluding carboxylic acids is 1. The molecule has 0 saturated heterocycles. The smallest absolute Gasteiger partial charge is 0.251 e. The molecule has 0 saturated carbocycles. The molecule has 1 heterocycles. The fraction of sp³-hybridized carbons (Fsp3) is 0.273. The Morgan fingerprint density at radius 3 is 2.52 bits per heavy atom. The van der Waals surface area contributed by atoms with Crippen LogP contribution in [0.25, 0.3) is 11.3 Å². The SMILES string of the molecule is COc1cccc(-c2cc(CNC(=O)c3ccc(C(C)(C)C)cc3)no2)c1. The zero-order valence-corrected chi connectivity index (χ0v) is 16.1. The molecule has 0 aliphatic rings. The molecule has 0 bridgehead atoms. The number of aromatic nitrogens is 1. The van der Waals surface area contributed by atoms with E-state index >= 15 is 0 Å². The maximum atomic E-state index is 12.4. The molecular weight excluding hydrogens is 340 g/mol. The van der Waals surface area contributed by atoms with Gasteiger partial charge in [0.25, 0.3) is 5.91 Å². The molecule has 2 aromatic carbocycles. The minimum Gasteiger partial charge on any atom is -0.497 e. The Hall–Kier alpha value is -3.08. The standard InChI is InChI=1S/C22H24N2O3/c1-22(2,3)17-10-8-15(9-11-17)21(25)23-14-18-13-20(27-24-18)16-6-5-7-19(12-16)26-4/h5-13H,14H2,1-4H3,(H,23,25). The highest BCUT2D eigenvalue weighted by Gasteiger charge is 2.15. The molecule has 3 rings (SSSR count). The predicted molar refractivity (Wildman–Crippen MR) is 105 cm³/mol. The lowest BCUT2D eigenvalue weighted by Gasteiger charge is -2.19. The Labute approximate surface area is 159 Å². The number of hydrogen-bond donors (Lipinski definition) is 1. The largest absolute Gasteiger partial charge is 0.497 e. The van der Waals surface area contributed by atoms with Crippen molar-refractivity contribution in [2.45, 2.75) is 32.7 Å². The predicted octanol–water partition coefficient (Wildman–Crippen LogP) is 4.58. The van der Waals surface area contributed by atoms with E-state index in [0.29, 0.717) is 23.6 Å². The van der Waals surface area contributed by atoms with Crippen molar-refractivity contribution in [1.82, 2.24) is 10.5 Å². The van der Waals surface area contributed by atoms with E-state index in [0.717, 1.165) is 11.3 Å². The van der Waals surface area contributed by atoms with Crippen LogP contribution in [0, 0.1) is 0 Å². The zero-order valence-electron chi connectivity index (χ0n) is 16.1. The van der Waals surface area contributed by atoms with Crippen molar-refractivity contribution in [3.8, 4) is 17.1 Å². The normalized spacial score (nSPS) is 11.3. The third-order valence-electron chi connectivity index (χ3n) is 4.36. The molecule has 1 aromatic heterocycles. The number of nitrogens with one attached hydrogen (secondary N) is 1. The average Bonchev–Trinajstić information content (AvgIpc) is 3.14. The Bertz CT molecular complexity index is 921. The number of rotatable bonds is 5. The van der Waals surface area contributed by atoms with Crippen LogP contribution in [0.2, 0.25) is 0 Å². The summed E-state index contributed by atoms with van der Waals surface area (Å²) >= 11 is 0. The second-order valence-electron chi connectivity index (χ2n) is 7.42. The summed E-state index contributed by atoms with van der Waals surface area (Å²) in [5, 5.41) is 6.90. The molecule has 0 aliphatic heterocycles. The minimum absolute atomic E-state index is 0.0617. The first-order valence-electron chi connectivity index (χ1n) is 8.85. The zero-order chi connectivity index (χ0) is 19.4. The van der Waals surface area contributed by atoms with Gasteiger partial charge in [-0.05, 0) is 35.2 Å². The molecule has 140 valence electrons. The molecule has 1 N–H and O–H groups in total. The molecular formula is C22H24N2O3. The third kappa shape index (κ3) is 4.56. The molecule has 0 atom stereocenters. The highest BCUT2D eigenvalue weighted by Crippen LogP contribution is 2.25. The molecule has 0 spiro atoms. The van der Waals surface area contributed by atoms with Gasteiger partial charge in [0, 0.05) is 17.2 Å². The number of methoxy groups -OCH3 is 1. The van der Waals surface area contributed by atoms with E-state index < -0.39 is 0 Å². The number of ether oxygens (including phenoxy) is 1. The van der Waals surface area contributed by atoms with Gasteiger partial charge < -0.3 is 14.6 Å². The summed E-state index contributed by atoms with van der Waals surface area (Å²) in [6.45, 7) is 6.74. The Morgan fingerprint density at radius 1 is 1.11 bits per heavy atom. The van der Waals surface area contributed by atoms with Crippen LogP contribution >= 0.6 is 0 Å². The molecule has 1 amide bonds. The maximum Gasteiger partial charge on any atom is 0.251 e. The first-order chi connectivity index (χ1) is 12.9. The first kappa shape index (κ1) is 18.7. The van der Waals surface area contributed by atoms with Crippen molar-refractivity contribution in [2.75, 3.05) is 7.11 Å². The highest BCUT2D eigenvalue weighted by molar-refractivity contribution is 5.94. The maximum absolute atomic E-state index is 12.4. The van der Waals surface area contributed by atoms with Gasteiger partial charge >= 0.3 is 0 Å². The monoisotopic (exact) mass is 364 g/mol. The molecule has 5 nitrogen and oxygen atoms in total. The van der Waals surface area contributed by atoms with Crippen molar-refractivity contribution in [2.24, 2.45) is 0 Å². The van der Waals surface area contributed by atoms with Gasteiger partial charge in [0.1, 0.15) is 11.4 Å². The Kier molecular flexibility index (Phi) is 5.31. The van der Waals surface area contributed by atoms with Gasteiger partial charge in [-0.15, -0.1) is 0 Å². The quantitative estimate of drug-likeness (QED) is 0.720. The van der Waals surface area contributed by atoms with Gasteiger partial charge in [-0.3, -0.25) is 4.79 Å². The summed E-state index contributed by atoms with van der Waals surface area (Å²) in [6, 6.07) is 17.0. The van der Waals surface area contributed by atoms with Gasteiger partial charge in [-0.1, -0.05) is 50.2 Å². The molecule has 0 radical (unpaired) electrons.